The van der Waals surface area contributed by atoms with Gasteiger partial charge in [-0.05, 0) is 31.2 Å². The van der Waals surface area contributed by atoms with Gasteiger partial charge in [-0.1, -0.05) is 6.07 Å². The average molecular weight is 481 g/mol. The molecule has 1 N–H and O–H groups in total. The molecule has 3 aromatic rings. The number of nitrogens with one attached hydrogen (secondary N) is 1. The van der Waals surface area contributed by atoms with Gasteiger partial charge in [-0.2, -0.15) is 0 Å². The Labute approximate surface area is 204 Å². The maximum atomic E-state index is 12.9. The lowest BCUT2D eigenvalue weighted by atomic mass is 10.2. The second kappa shape index (κ2) is 11.2. The number of rotatable bonds is 9. The van der Waals surface area contributed by atoms with Crippen molar-refractivity contribution >= 4 is 22.6 Å². The number of likely N-dealkylation sites (N-methyl/N-ethyl adjacent to an activating group) is 1. The molecule has 2 aromatic heterocycles. The number of aromatic nitrogens is 3. The number of carbonyl (C=O) groups is 1. The summed E-state index contributed by atoms with van der Waals surface area (Å²) < 4.78 is 12.1. The second-order valence-corrected chi connectivity index (χ2v) is 8.66. The van der Waals surface area contributed by atoms with Crippen molar-refractivity contribution in [1.29, 1.82) is 0 Å². The van der Waals surface area contributed by atoms with Gasteiger partial charge in [-0.25, -0.2) is 9.97 Å². The van der Waals surface area contributed by atoms with Crippen LogP contribution in [0.3, 0.4) is 0 Å². The molecule has 0 aliphatic carbocycles. The number of anilines is 1. The van der Waals surface area contributed by atoms with Crippen LogP contribution in [0.25, 0.3) is 10.9 Å². The number of methoxy groups -OCH3 is 2. The van der Waals surface area contributed by atoms with Crippen LogP contribution in [0.5, 0.6) is 11.5 Å². The summed E-state index contributed by atoms with van der Waals surface area (Å²) in [7, 11) is 5.19. The molecule has 1 saturated heterocycles. The number of carbonyl (C=O) groups excluding carboxylic acids is 1. The number of aryl methyl sites for hydroxylation is 1. The monoisotopic (exact) mass is 480 g/mol. The van der Waals surface area contributed by atoms with Crippen LogP contribution >= 0.6 is 0 Å². The van der Waals surface area contributed by atoms with Crippen molar-refractivity contribution in [3.8, 4) is 11.5 Å². The van der Waals surface area contributed by atoms with Crippen LogP contribution in [0, 0.1) is 0 Å². The van der Waals surface area contributed by atoms with Crippen LogP contribution in [0.4, 0.5) is 5.82 Å². The van der Waals surface area contributed by atoms with Gasteiger partial charge < -0.3 is 24.6 Å². The first-order chi connectivity index (χ1) is 17.0. The first-order valence-corrected chi connectivity index (χ1v) is 11.7. The van der Waals surface area contributed by atoms with Crippen molar-refractivity contribution in [3.63, 3.8) is 0 Å². The van der Waals surface area contributed by atoms with Gasteiger partial charge in [-0.3, -0.25) is 14.2 Å². The lowest BCUT2D eigenvalue weighted by Crippen LogP contribution is -2.44. The first-order valence-electron chi connectivity index (χ1n) is 11.7. The number of hydrogen-bond donors (Lipinski definition) is 1. The zero-order valence-electron chi connectivity index (χ0n) is 20.5. The summed E-state index contributed by atoms with van der Waals surface area (Å²) in [6.45, 7) is 4.82. The molecule has 3 heterocycles. The lowest BCUT2D eigenvalue weighted by Gasteiger charge is -2.33. The number of hydrogen-bond acceptors (Lipinski definition) is 8. The van der Waals surface area contributed by atoms with E-state index < -0.39 is 0 Å². The summed E-state index contributed by atoms with van der Waals surface area (Å²) in [5.74, 6) is 1.90. The van der Waals surface area contributed by atoms with E-state index in [1.54, 1.807) is 12.1 Å². The highest BCUT2D eigenvalue weighted by molar-refractivity contribution is 5.81. The summed E-state index contributed by atoms with van der Waals surface area (Å²) in [5.41, 5.74) is 1.31. The second-order valence-electron chi connectivity index (χ2n) is 8.66. The predicted octanol–water partition coefficient (Wildman–Crippen LogP) is 1.66. The molecule has 1 aromatic carbocycles. The molecule has 1 fully saturated rings. The molecule has 1 aliphatic heterocycles. The number of ether oxygens (including phenoxy) is 2. The summed E-state index contributed by atoms with van der Waals surface area (Å²) in [6.07, 6.45) is 4.15. The van der Waals surface area contributed by atoms with E-state index in [1.165, 1.54) is 25.1 Å². The predicted molar refractivity (Wildman–Crippen MR) is 134 cm³/mol. The molecule has 1 aliphatic rings. The van der Waals surface area contributed by atoms with Crippen LogP contribution in [-0.2, 0) is 17.9 Å². The van der Waals surface area contributed by atoms with Crippen LogP contribution in [-0.4, -0.2) is 72.8 Å². The molecule has 35 heavy (non-hydrogen) atoms. The molecule has 10 nitrogen and oxygen atoms in total. The highest BCUT2D eigenvalue weighted by Crippen LogP contribution is 2.29. The quantitative estimate of drug-likeness (QED) is 0.493. The Morgan fingerprint density at radius 2 is 1.80 bits per heavy atom. The first kappa shape index (κ1) is 24.5. The number of piperazine rings is 1. The Morgan fingerprint density at radius 1 is 1.06 bits per heavy atom. The maximum absolute atomic E-state index is 12.9. The van der Waals surface area contributed by atoms with Gasteiger partial charge in [0.05, 0.1) is 31.4 Å². The third-order valence-corrected chi connectivity index (χ3v) is 6.26. The summed E-state index contributed by atoms with van der Waals surface area (Å²) >= 11 is 0. The highest BCUT2D eigenvalue weighted by Gasteiger charge is 2.15. The minimum absolute atomic E-state index is 0.0682. The molecule has 0 saturated carbocycles. The smallest absolute Gasteiger partial charge is 0.261 e. The molecule has 0 unspecified atom stereocenters. The minimum Gasteiger partial charge on any atom is -0.493 e. The van der Waals surface area contributed by atoms with E-state index in [0.717, 1.165) is 37.6 Å². The van der Waals surface area contributed by atoms with Crippen molar-refractivity contribution in [2.24, 2.45) is 0 Å². The van der Waals surface area contributed by atoms with E-state index in [0.29, 0.717) is 48.3 Å². The number of fused-ring (bicyclic) bond motifs is 1. The van der Waals surface area contributed by atoms with Crippen LogP contribution in [0.15, 0.2) is 41.6 Å². The largest absolute Gasteiger partial charge is 0.493 e. The molecule has 10 heteroatoms. The van der Waals surface area contributed by atoms with Crippen LogP contribution < -0.4 is 25.2 Å². The summed E-state index contributed by atoms with van der Waals surface area (Å²) in [6, 6.07) is 7.33. The molecule has 0 spiro atoms. The summed E-state index contributed by atoms with van der Waals surface area (Å²) in [4.78, 5) is 38.7. The van der Waals surface area contributed by atoms with Crippen molar-refractivity contribution in [2.75, 3.05) is 52.3 Å². The fourth-order valence-corrected chi connectivity index (χ4v) is 4.09. The normalized spacial score (nSPS) is 14.2. The number of amides is 1. The number of pyridine rings is 1. The molecule has 4 rings (SSSR count). The number of nitrogens with zero attached hydrogens (tertiary/aromatic N) is 5. The fourth-order valence-electron chi connectivity index (χ4n) is 4.09. The molecule has 0 atom stereocenters. The van der Waals surface area contributed by atoms with Gasteiger partial charge in [-0.15, -0.1) is 0 Å². The van der Waals surface area contributed by atoms with E-state index in [2.05, 4.69) is 32.1 Å². The molecular formula is C25H32N6O4. The molecule has 1 amide bonds. The Bertz CT molecular complexity index is 1220. The van der Waals surface area contributed by atoms with Crippen LogP contribution in [0.1, 0.15) is 18.4 Å². The van der Waals surface area contributed by atoms with Gasteiger partial charge in [0.2, 0.25) is 5.91 Å². The van der Waals surface area contributed by atoms with Crippen molar-refractivity contribution < 1.29 is 14.3 Å². The fraction of sp³-hybridized carbons (Fsp3) is 0.440. The van der Waals surface area contributed by atoms with Crippen molar-refractivity contribution in [1.82, 2.24) is 24.8 Å². The third-order valence-electron chi connectivity index (χ3n) is 6.26. The molecule has 0 bridgehead atoms. The minimum atomic E-state index is -0.178. The molecule has 186 valence electrons. The zero-order chi connectivity index (χ0) is 24.8. The zero-order valence-corrected chi connectivity index (χ0v) is 20.5. The van der Waals surface area contributed by atoms with Crippen molar-refractivity contribution in [2.45, 2.75) is 25.9 Å². The average Bonchev–Trinajstić information content (AvgIpc) is 2.89. The standard InChI is InChI=1S/C25H32N6O4/c1-29-9-11-30(12-10-29)23-7-6-18(15-26-23)16-27-24(32)5-4-8-31-17-28-20-14-22(35-3)21(34-2)13-19(20)25(31)33/h6-7,13-15,17H,4-5,8-12,16H2,1-3H3,(H,27,32). The Hall–Kier alpha value is -3.66. The van der Waals surface area contributed by atoms with Gasteiger partial charge >= 0.3 is 0 Å². The van der Waals surface area contributed by atoms with Crippen LogP contribution in [0.2, 0.25) is 0 Å². The maximum Gasteiger partial charge on any atom is 0.261 e. The van der Waals surface area contributed by atoms with E-state index >= 15 is 0 Å². The van der Waals surface area contributed by atoms with Crippen molar-refractivity contribution in [3.05, 3.63) is 52.7 Å². The van der Waals surface area contributed by atoms with E-state index in [1.807, 2.05) is 18.3 Å². The highest BCUT2D eigenvalue weighted by atomic mass is 16.5. The lowest BCUT2D eigenvalue weighted by molar-refractivity contribution is -0.121. The molecular weight excluding hydrogens is 448 g/mol. The molecule has 0 radical (unpaired) electrons. The van der Waals surface area contributed by atoms with E-state index in [-0.39, 0.29) is 11.5 Å². The van der Waals surface area contributed by atoms with Gasteiger partial charge in [0.1, 0.15) is 5.82 Å². The van der Waals surface area contributed by atoms with Gasteiger partial charge in [0.25, 0.3) is 5.56 Å². The van der Waals surface area contributed by atoms with Gasteiger partial charge in [0, 0.05) is 58.0 Å². The SMILES string of the molecule is COc1cc2ncn(CCCC(=O)NCc3ccc(N4CCN(C)CC4)nc3)c(=O)c2cc1OC. The topological polar surface area (TPSA) is 102 Å². The third kappa shape index (κ3) is 5.89. The Balaban J connectivity index is 1.27. The Kier molecular flexibility index (Phi) is 7.81. The van der Waals surface area contributed by atoms with E-state index in [4.69, 9.17) is 9.47 Å². The van der Waals surface area contributed by atoms with Gasteiger partial charge in [0.15, 0.2) is 11.5 Å². The summed E-state index contributed by atoms with van der Waals surface area (Å²) in [5, 5.41) is 3.38. The number of benzene rings is 1. The Morgan fingerprint density at radius 3 is 2.49 bits per heavy atom. The van der Waals surface area contributed by atoms with E-state index in [9.17, 15) is 9.59 Å².